The summed E-state index contributed by atoms with van der Waals surface area (Å²) in [4.78, 5) is 8.58. The number of halogens is 1. The maximum absolute atomic E-state index is 4.32. The molecular formula is C15H21IN6. The van der Waals surface area contributed by atoms with Crippen molar-refractivity contribution in [2.75, 3.05) is 7.05 Å². The Kier molecular flexibility index (Phi) is 5.76. The first kappa shape index (κ1) is 16.7. The van der Waals surface area contributed by atoms with Crippen molar-refractivity contribution in [2.45, 2.75) is 25.9 Å². The fraction of sp³-hybridized carbons (Fsp3) is 0.400. The van der Waals surface area contributed by atoms with Gasteiger partial charge < -0.3 is 10.6 Å². The smallest absolute Gasteiger partial charge is 0.191 e. The van der Waals surface area contributed by atoms with Gasteiger partial charge in [0.2, 0.25) is 0 Å². The van der Waals surface area contributed by atoms with Gasteiger partial charge in [0.1, 0.15) is 0 Å². The van der Waals surface area contributed by atoms with Crippen LogP contribution in [0.15, 0.2) is 41.8 Å². The van der Waals surface area contributed by atoms with Gasteiger partial charge in [-0.05, 0) is 36.1 Å². The molecule has 0 radical (unpaired) electrons. The van der Waals surface area contributed by atoms with Gasteiger partial charge in [0.25, 0.3) is 0 Å². The minimum atomic E-state index is 0. The third-order valence-corrected chi connectivity index (χ3v) is 3.66. The lowest BCUT2D eigenvalue weighted by atomic mass is 10.2. The molecule has 2 N–H and O–H groups in total. The van der Waals surface area contributed by atoms with E-state index in [2.05, 4.69) is 32.6 Å². The molecule has 1 saturated carbocycles. The Morgan fingerprint density at radius 2 is 2.27 bits per heavy atom. The molecule has 1 aliphatic rings. The van der Waals surface area contributed by atoms with Gasteiger partial charge in [0.15, 0.2) is 11.8 Å². The maximum atomic E-state index is 4.32. The maximum Gasteiger partial charge on any atom is 0.191 e. The molecule has 0 amide bonds. The third-order valence-electron chi connectivity index (χ3n) is 3.66. The summed E-state index contributed by atoms with van der Waals surface area (Å²) in [5, 5.41) is 10.9. The van der Waals surface area contributed by atoms with E-state index in [1.807, 2.05) is 24.4 Å². The Bertz CT molecular complexity index is 625. The van der Waals surface area contributed by atoms with Gasteiger partial charge in [-0.2, -0.15) is 5.10 Å². The van der Waals surface area contributed by atoms with Crippen LogP contribution >= 0.6 is 24.0 Å². The first-order chi connectivity index (χ1) is 10.3. The lowest BCUT2D eigenvalue weighted by molar-refractivity contribution is 0.761. The molecule has 2 heterocycles. The summed E-state index contributed by atoms with van der Waals surface area (Å²) in [6.45, 7) is 2.95. The zero-order valence-electron chi connectivity index (χ0n) is 12.7. The molecule has 6 nitrogen and oxygen atoms in total. The molecule has 0 bridgehead atoms. The van der Waals surface area contributed by atoms with Crippen LogP contribution in [-0.2, 0) is 6.54 Å². The Hall–Kier alpha value is -1.64. The highest BCUT2D eigenvalue weighted by Gasteiger charge is 2.33. The van der Waals surface area contributed by atoms with E-state index >= 15 is 0 Å². The molecule has 0 aromatic carbocycles. The number of nitrogens with zero attached hydrogens (tertiary/aromatic N) is 4. The van der Waals surface area contributed by atoms with Gasteiger partial charge in [-0.3, -0.25) is 4.99 Å². The predicted molar refractivity (Wildman–Crippen MR) is 97.7 cm³/mol. The molecule has 0 saturated heterocycles. The summed E-state index contributed by atoms with van der Waals surface area (Å²) >= 11 is 0. The quantitative estimate of drug-likeness (QED) is 0.458. The summed E-state index contributed by atoms with van der Waals surface area (Å²) < 4.78 is 1.75. The van der Waals surface area contributed by atoms with E-state index in [1.165, 1.54) is 6.42 Å². The second-order valence-electron chi connectivity index (χ2n) is 5.36. The average Bonchev–Trinajstić information content (AvgIpc) is 2.98. The molecule has 2 unspecified atom stereocenters. The molecule has 2 aromatic heterocycles. The van der Waals surface area contributed by atoms with Crippen molar-refractivity contribution in [3.05, 3.63) is 42.4 Å². The molecule has 118 valence electrons. The largest absolute Gasteiger partial charge is 0.353 e. The van der Waals surface area contributed by atoms with E-state index in [-0.39, 0.29) is 24.0 Å². The van der Waals surface area contributed by atoms with Crippen molar-refractivity contribution in [3.8, 4) is 5.82 Å². The van der Waals surface area contributed by atoms with E-state index in [9.17, 15) is 0 Å². The highest BCUT2D eigenvalue weighted by atomic mass is 127. The van der Waals surface area contributed by atoms with E-state index in [4.69, 9.17) is 0 Å². The molecule has 2 atom stereocenters. The van der Waals surface area contributed by atoms with Crippen LogP contribution in [0.5, 0.6) is 0 Å². The normalized spacial score (nSPS) is 20.2. The molecule has 0 spiro atoms. The molecule has 1 aliphatic carbocycles. The minimum Gasteiger partial charge on any atom is -0.353 e. The van der Waals surface area contributed by atoms with Crippen LogP contribution in [-0.4, -0.2) is 33.8 Å². The number of hydrogen-bond donors (Lipinski definition) is 2. The van der Waals surface area contributed by atoms with Crippen LogP contribution in [0.25, 0.3) is 5.82 Å². The Balaban J connectivity index is 0.00000176. The number of rotatable bonds is 4. The molecular weight excluding hydrogens is 391 g/mol. The predicted octanol–water partition coefficient (Wildman–Crippen LogP) is 1.96. The van der Waals surface area contributed by atoms with E-state index in [0.717, 1.165) is 23.3 Å². The number of nitrogens with one attached hydrogen (secondary N) is 2. The SMILES string of the molecule is CN=C(NCc1ccnc(-n2cccn2)c1)NC1CC1C.I. The topological polar surface area (TPSA) is 67.1 Å². The second kappa shape index (κ2) is 7.57. The fourth-order valence-corrected chi connectivity index (χ4v) is 2.18. The second-order valence-corrected chi connectivity index (χ2v) is 5.36. The van der Waals surface area contributed by atoms with Crippen LogP contribution in [0, 0.1) is 5.92 Å². The van der Waals surface area contributed by atoms with Crippen molar-refractivity contribution in [2.24, 2.45) is 10.9 Å². The van der Waals surface area contributed by atoms with Gasteiger partial charge in [-0.25, -0.2) is 9.67 Å². The van der Waals surface area contributed by atoms with Gasteiger partial charge in [-0.1, -0.05) is 6.92 Å². The van der Waals surface area contributed by atoms with Crippen LogP contribution in [0.2, 0.25) is 0 Å². The highest BCUT2D eigenvalue weighted by Crippen LogP contribution is 2.28. The number of guanidine groups is 1. The van der Waals surface area contributed by atoms with Crippen LogP contribution in [0.3, 0.4) is 0 Å². The minimum absolute atomic E-state index is 0. The van der Waals surface area contributed by atoms with Crippen molar-refractivity contribution < 1.29 is 0 Å². The molecule has 0 aliphatic heterocycles. The Morgan fingerprint density at radius 1 is 1.45 bits per heavy atom. The molecule has 3 rings (SSSR count). The average molecular weight is 412 g/mol. The first-order valence-corrected chi connectivity index (χ1v) is 7.18. The van der Waals surface area contributed by atoms with Crippen molar-refractivity contribution in [1.29, 1.82) is 0 Å². The summed E-state index contributed by atoms with van der Waals surface area (Å²) in [5.41, 5.74) is 1.14. The number of pyridine rings is 1. The van der Waals surface area contributed by atoms with E-state index in [0.29, 0.717) is 12.6 Å². The lowest BCUT2D eigenvalue weighted by Crippen LogP contribution is -2.38. The Labute approximate surface area is 147 Å². The van der Waals surface area contributed by atoms with Gasteiger partial charge in [-0.15, -0.1) is 24.0 Å². The van der Waals surface area contributed by atoms with Gasteiger partial charge in [0, 0.05) is 38.2 Å². The standard InChI is InChI=1S/C15H20N6.HI/c1-11-8-13(11)20-15(16-2)18-10-12-4-6-17-14(9-12)21-7-3-5-19-21;/h3-7,9,11,13H,8,10H2,1-2H3,(H2,16,18,20);1H. The number of aromatic nitrogens is 3. The first-order valence-electron chi connectivity index (χ1n) is 7.18. The van der Waals surface area contributed by atoms with E-state index < -0.39 is 0 Å². The third kappa shape index (κ3) is 4.19. The molecule has 7 heteroatoms. The summed E-state index contributed by atoms with van der Waals surface area (Å²) in [5.74, 6) is 2.41. The van der Waals surface area contributed by atoms with Crippen LogP contribution < -0.4 is 10.6 Å². The van der Waals surface area contributed by atoms with Crippen LogP contribution in [0.4, 0.5) is 0 Å². The number of hydrogen-bond acceptors (Lipinski definition) is 3. The Morgan fingerprint density at radius 3 is 2.91 bits per heavy atom. The molecule has 2 aromatic rings. The molecule has 1 fully saturated rings. The summed E-state index contributed by atoms with van der Waals surface area (Å²) in [7, 11) is 1.80. The number of aliphatic imine (C=N–C) groups is 1. The highest BCUT2D eigenvalue weighted by molar-refractivity contribution is 14.0. The fourth-order valence-electron chi connectivity index (χ4n) is 2.18. The zero-order chi connectivity index (χ0) is 14.7. The summed E-state index contributed by atoms with van der Waals surface area (Å²) in [6, 6.07) is 6.46. The monoisotopic (exact) mass is 412 g/mol. The van der Waals surface area contributed by atoms with Gasteiger partial charge in [0.05, 0.1) is 0 Å². The van der Waals surface area contributed by atoms with Crippen molar-refractivity contribution >= 4 is 29.9 Å². The lowest BCUT2D eigenvalue weighted by Gasteiger charge is -2.12. The van der Waals surface area contributed by atoms with Crippen molar-refractivity contribution in [1.82, 2.24) is 25.4 Å². The van der Waals surface area contributed by atoms with Crippen LogP contribution in [0.1, 0.15) is 18.9 Å². The summed E-state index contributed by atoms with van der Waals surface area (Å²) in [6.07, 6.45) is 6.65. The molecule has 22 heavy (non-hydrogen) atoms. The van der Waals surface area contributed by atoms with Gasteiger partial charge >= 0.3 is 0 Å². The zero-order valence-corrected chi connectivity index (χ0v) is 15.1. The van der Waals surface area contributed by atoms with Crippen molar-refractivity contribution in [3.63, 3.8) is 0 Å². The van der Waals surface area contributed by atoms with E-state index in [1.54, 1.807) is 24.1 Å².